The van der Waals surface area contributed by atoms with Crippen molar-refractivity contribution in [2.24, 2.45) is 0 Å². The Morgan fingerprint density at radius 3 is 0.877 bits per heavy atom. The van der Waals surface area contributed by atoms with Crippen molar-refractivity contribution in [3.63, 3.8) is 0 Å². The summed E-state index contributed by atoms with van der Waals surface area (Å²) in [7, 11) is 0. The number of hydrogen-bond donors (Lipinski definition) is 0. The number of esters is 3. The molecule has 0 saturated heterocycles. The van der Waals surface area contributed by atoms with E-state index >= 15 is 0 Å². The van der Waals surface area contributed by atoms with Gasteiger partial charge in [-0.05, 0) is 83.5 Å². The Labute approximate surface area is 403 Å². The van der Waals surface area contributed by atoms with Crippen molar-refractivity contribution in [3.05, 3.63) is 48.6 Å². The van der Waals surface area contributed by atoms with Gasteiger partial charge in [0.25, 0.3) is 0 Å². The maximum absolute atomic E-state index is 12.8. The van der Waals surface area contributed by atoms with Gasteiger partial charge < -0.3 is 14.2 Å². The summed E-state index contributed by atoms with van der Waals surface area (Å²) in [6.45, 7) is 6.58. The Hall–Kier alpha value is -2.63. The van der Waals surface area contributed by atoms with Crippen molar-refractivity contribution in [2.45, 2.75) is 297 Å². The van der Waals surface area contributed by atoms with E-state index in [1.54, 1.807) is 0 Å². The summed E-state index contributed by atoms with van der Waals surface area (Å²) >= 11 is 0. The molecule has 65 heavy (non-hydrogen) atoms. The first-order valence-electron chi connectivity index (χ1n) is 28.1. The lowest BCUT2D eigenvalue weighted by molar-refractivity contribution is -0.167. The van der Waals surface area contributed by atoms with Gasteiger partial charge in [-0.25, -0.2) is 0 Å². The van der Waals surface area contributed by atoms with Gasteiger partial charge in [0, 0.05) is 19.3 Å². The quantitative estimate of drug-likeness (QED) is 0.0262. The van der Waals surface area contributed by atoms with Gasteiger partial charge in [0.1, 0.15) is 13.2 Å². The van der Waals surface area contributed by atoms with Crippen LogP contribution in [0.3, 0.4) is 0 Å². The summed E-state index contributed by atoms with van der Waals surface area (Å²) in [6, 6.07) is 0. The second kappa shape index (κ2) is 54.0. The molecule has 1 atom stereocenters. The van der Waals surface area contributed by atoms with E-state index in [0.29, 0.717) is 19.3 Å². The average molecular weight is 911 g/mol. The van der Waals surface area contributed by atoms with E-state index in [1.165, 1.54) is 173 Å². The molecule has 0 radical (unpaired) electrons. The number of allylic oxidation sites excluding steroid dienone is 8. The molecule has 0 rings (SSSR count). The molecule has 0 N–H and O–H groups in total. The lowest BCUT2D eigenvalue weighted by Gasteiger charge is -2.18. The monoisotopic (exact) mass is 911 g/mol. The Morgan fingerprint density at radius 1 is 0.308 bits per heavy atom. The fourth-order valence-electron chi connectivity index (χ4n) is 8.03. The molecule has 0 aromatic rings. The van der Waals surface area contributed by atoms with E-state index in [0.717, 1.165) is 77.0 Å². The van der Waals surface area contributed by atoms with Crippen LogP contribution in [0.2, 0.25) is 0 Å². The SMILES string of the molecule is CCCCCCC/C=C\C/C=C\C/C=C\CCCCCCCCCCC(=O)OCC(COC(=O)CCCCCCCC)OC(=O)CCCCCCCCC/C=C\CCCCCCCCC. The van der Waals surface area contributed by atoms with Crippen LogP contribution in [0, 0.1) is 0 Å². The normalized spacial score (nSPS) is 12.4. The van der Waals surface area contributed by atoms with Crippen LogP contribution in [0.15, 0.2) is 48.6 Å². The molecule has 6 nitrogen and oxygen atoms in total. The molecule has 0 aliphatic heterocycles. The highest BCUT2D eigenvalue weighted by atomic mass is 16.6. The number of carbonyl (C=O) groups is 3. The largest absolute Gasteiger partial charge is 0.462 e. The van der Waals surface area contributed by atoms with E-state index in [4.69, 9.17) is 14.2 Å². The summed E-state index contributed by atoms with van der Waals surface area (Å²) in [4.78, 5) is 37.8. The van der Waals surface area contributed by atoms with Gasteiger partial charge in [0.2, 0.25) is 0 Å². The predicted octanol–water partition coefficient (Wildman–Crippen LogP) is 18.7. The van der Waals surface area contributed by atoms with Crippen LogP contribution in [0.5, 0.6) is 0 Å². The molecule has 0 aliphatic carbocycles. The summed E-state index contributed by atoms with van der Waals surface area (Å²) in [5, 5.41) is 0. The first-order chi connectivity index (χ1) is 32.0. The van der Waals surface area contributed by atoms with Crippen LogP contribution in [-0.2, 0) is 28.6 Å². The zero-order chi connectivity index (χ0) is 47.2. The Bertz CT molecular complexity index is 1140. The van der Waals surface area contributed by atoms with Crippen LogP contribution >= 0.6 is 0 Å². The first kappa shape index (κ1) is 62.4. The standard InChI is InChI=1S/C59H106O6/c1-4-7-10-13-16-18-20-22-24-26-28-29-30-31-32-34-35-37-39-41-43-46-49-52-58(61)64-55-56(54-63-57(60)51-48-45-15-12-9-6-3)65-59(62)53-50-47-44-42-40-38-36-33-27-25-23-21-19-17-14-11-8-5-2/h20,22,25-28,30-31,56H,4-19,21,23-24,29,32-55H2,1-3H3/b22-20-,27-25-,28-26-,31-30-. The smallest absolute Gasteiger partial charge is 0.306 e. The molecule has 0 aromatic carbocycles. The summed E-state index contributed by atoms with van der Waals surface area (Å²) in [6.07, 6.45) is 65.6. The molecule has 0 aliphatic rings. The second-order valence-electron chi connectivity index (χ2n) is 18.8. The third kappa shape index (κ3) is 52.2. The maximum atomic E-state index is 12.8. The van der Waals surface area contributed by atoms with Crippen LogP contribution in [0.4, 0.5) is 0 Å². The summed E-state index contributed by atoms with van der Waals surface area (Å²) in [5.74, 6) is -0.888. The molecule has 1 unspecified atom stereocenters. The number of unbranched alkanes of at least 4 members (excludes halogenated alkanes) is 32. The van der Waals surface area contributed by atoms with E-state index in [1.807, 2.05) is 0 Å². The van der Waals surface area contributed by atoms with Crippen molar-refractivity contribution in [1.29, 1.82) is 0 Å². The predicted molar refractivity (Wildman–Crippen MR) is 279 cm³/mol. The lowest BCUT2D eigenvalue weighted by Crippen LogP contribution is -2.30. The molecule has 0 amide bonds. The fraction of sp³-hybridized carbons (Fsp3) is 0.814. The van der Waals surface area contributed by atoms with Crippen molar-refractivity contribution in [1.82, 2.24) is 0 Å². The maximum Gasteiger partial charge on any atom is 0.306 e. The molecule has 0 bridgehead atoms. The van der Waals surface area contributed by atoms with E-state index in [-0.39, 0.29) is 31.1 Å². The number of ether oxygens (including phenoxy) is 3. The minimum absolute atomic E-state index is 0.0763. The Morgan fingerprint density at radius 2 is 0.554 bits per heavy atom. The highest BCUT2D eigenvalue weighted by Crippen LogP contribution is 2.15. The molecular formula is C59H106O6. The molecule has 0 fully saturated rings. The van der Waals surface area contributed by atoms with E-state index in [2.05, 4.69) is 69.4 Å². The highest BCUT2D eigenvalue weighted by Gasteiger charge is 2.19. The zero-order valence-electron chi connectivity index (χ0n) is 43.3. The fourth-order valence-corrected chi connectivity index (χ4v) is 8.03. The molecule has 0 saturated carbocycles. The molecular weight excluding hydrogens is 805 g/mol. The van der Waals surface area contributed by atoms with Gasteiger partial charge in [-0.15, -0.1) is 0 Å². The van der Waals surface area contributed by atoms with Crippen molar-refractivity contribution >= 4 is 17.9 Å². The van der Waals surface area contributed by atoms with Crippen molar-refractivity contribution < 1.29 is 28.6 Å². The summed E-state index contributed by atoms with van der Waals surface area (Å²) < 4.78 is 16.7. The van der Waals surface area contributed by atoms with Gasteiger partial charge in [0.05, 0.1) is 0 Å². The Balaban J connectivity index is 4.17. The number of carbonyl (C=O) groups excluding carboxylic acids is 3. The molecule has 0 aromatic heterocycles. The first-order valence-corrected chi connectivity index (χ1v) is 28.1. The van der Waals surface area contributed by atoms with Crippen LogP contribution in [0.25, 0.3) is 0 Å². The topological polar surface area (TPSA) is 78.9 Å². The van der Waals surface area contributed by atoms with Gasteiger partial charge >= 0.3 is 17.9 Å². The third-order valence-electron chi connectivity index (χ3n) is 12.3. The second-order valence-corrected chi connectivity index (χ2v) is 18.8. The van der Waals surface area contributed by atoms with Gasteiger partial charge in [-0.1, -0.05) is 236 Å². The highest BCUT2D eigenvalue weighted by molar-refractivity contribution is 5.71. The number of rotatable bonds is 51. The lowest BCUT2D eigenvalue weighted by atomic mass is 10.1. The van der Waals surface area contributed by atoms with E-state index in [9.17, 15) is 14.4 Å². The minimum atomic E-state index is -0.774. The minimum Gasteiger partial charge on any atom is -0.462 e. The third-order valence-corrected chi connectivity index (χ3v) is 12.3. The number of hydrogen-bond acceptors (Lipinski definition) is 6. The van der Waals surface area contributed by atoms with Gasteiger partial charge in [-0.2, -0.15) is 0 Å². The molecule has 0 heterocycles. The van der Waals surface area contributed by atoms with Crippen LogP contribution < -0.4 is 0 Å². The van der Waals surface area contributed by atoms with Gasteiger partial charge in [-0.3, -0.25) is 14.4 Å². The molecule has 378 valence electrons. The van der Waals surface area contributed by atoms with Gasteiger partial charge in [0.15, 0.2) is 6.10 Å². The van der Waals surface area contributed by atoms with E-state index < -0.39 is 6.10 Å². The van der Waals surface area contributed by atoms with Crippen molar-refractivity contribution in [3.8, 4) is 0 Å². The summed E-state index contributed by atoms with van der Waals surface area (Å²) in [5.41, 5.74) is 0. The van der Waals surface area contributed by atoms with Crippen molar-refractivity contribution in [2.75, 3.05) is 13.2 Å². The Kier molecular flexibility index (Phi) is 51.8. The average Bonchev–Trinajstić information content (AvgIpc) is 3.30. The van der Waals surface area contributed by atoms with Crippen LogP contribution in [-0.4, -0.2) is 37.2 Å². The zero-order valence-corrected chi connectivity index (χ0v) is 43.3. The molecule has 6 heteroatoms. The molecule has 0 spiro atoms. The van der Waals surface area contributed by atoms with Crippen LogP contribution in [0.1, 0.15) is 290 Å².